The standard InChI is InChI=1S/C9H9ClNO3/c1-6(5-12)8-4-7(11(13)14)2-3-9(8)10/h2-4,12H,5H2,1H3. The second-order valence-electron chi connectivity index (χ2n) is 2.86. The molecule has 0 atom stereocenters. The molecular weight excluding hydrogens is 206 g/mol. The summed E-state index contributed by atoms with van der Waals surface area (Å²) in [5.74, 6) is 0.610. The van der Waals surface area contributed by atoms with E-state index in [4.69, 9.17) is 16.7 Å². The number of hydrogen-bond donors (Lipinski definition) is 1. The zero-order valence-corrected chi connectivity index (χ0v) is 8.28. The first-order valence-electron chi connectivity index (χ1n) is 3.94. The van der Waals surface area contributed by atoms with Crippen LogP contribution >= 0.6 is 11.6 Å². The van der Waals surface area contributed by atoms with Gasteiger partial charge in [0.1, 0.15) is 0 Å². The van der Waals surface area contributed by atoms with Gasteiger partial charge in [-0.2, -0.15) is 0 Å². The summed E-state index contributed by atoms with van der Waals surface area (Å²) in [6.45, 7) is 1.51. The van der Waals surface area contributed by atoms with Gasteiger partial charge in [0.15, 0.2) is 0 Å². The van der Waals surface area contributed by atoms with Crippen LogP contribution in [-0.4, -0.2) is 16.6 Å². The molecule has 14 heavy (non-hydrogen) atoms. The molecule has 4 nitrogen and oxygen atoms in total. The van der Waals surface area contributed by atoms with Gasteiger partial charge in [0.05, 0.1) is 11.5 Å². The summed E-state index contributed by atoms with van der Waals surface area (Å²) in [4.78, 5) is 9.97. The van der Waals surface area contributed by atoms with E-state index in [2.05, 4.69) is 0 Å². The van der Waals surface area contributed by atoms with Crippen molar-refractivity contribution in [2.24, 2.45) is 0 Å². The summed E-state index contributed by atoms with van der Waals surface area (Å²) in [5.41, 5.74) is 0.487. The van der Waals surface area contributed by atoms with Crippen LogP contribution in [-0.2, 0) is 0 Å². The molecule has 0 aliphatic rings. The molecule has 5 heteroatoms. The van der Waals surface area contributed by atoms with Crippen LogP contribution in [0.15, 0.2) is 18.2 Å². The second kappa shape index (κ2) is 4.39. The minimum atomic E-state index is -0.496. The Morgan fingerprint density at radius 1 is 1.64 bits per heavy atom. The van der Waals surface area contributed by atoms with Crippen molar-refractivity contribution in [1.29, 1.82) is 0 Å². The zero-order chi connectivity index (χ0) is 10.7. The smallest absolute Gasteiger partial charge is 0.269 e. The molecule has 0 saturated carbocycles. The number of non-ortho nitro benzene ring substituents is 1. The van der Waals surface area contributed by atoms with Gasteiger partial charge in [-0.3, -0.25) is 10.1 Å². The maximum absolute atomic E-state index is 10.5. The molecular formula is C9H9ClNO3. The molecule has 1 rings (SSSR count). The van der Waals surface area contributed by atoms with E-state index in [1.165, 1.54) is 18.2 Å². The molecule has 0 amide bonds. The lowest BCUT2D eigenvalue weighted by molar-refractivity contribution is -0.384. The van der Waals surface area contributed by atoms with Crippen molar-refractivity contribution in [1.82, 2.24) is 0 Å². The van der Waals surface area contributed by atoms with Gasteiger partial charge in [-0.05, 0) is 11.6 Å². The Morgan fingerprint density at radius 2 is 2.29 bits per heavy atom. The molecule has 0 aliphatic carbocycles. The van der Waals surface area contributed by atoms with E-state index in [1.54, 1.807) is 6.92 Å². The molecule has 0 heterocycles. The van der Waals surface area contributed by atoms with Gasteiger partial charge in [-0.25, -0.2) is 0 Å². The number of aliphatic hydroxyl groups excluding tert-OH is 1. The molecule has 0 saturated heterocycles. The summed E-state index contributed by atoms with van der Waals surface area (Å²) in [5, 5.41) is 19.7. The normalized spacial score (nSPS) is 10.6. The van der Waals surface area contributed by atoms with Gasteiger partial charge in [-0.1, -0.05) is 18.5 Å². The zero-order valence-electron chi connectivity index (χ0n) is 7.53. The van der Waals surface area contributed by atoms with Crippen LogP contribution in [0.1, 0.15) is 12.5 Å². The van der Waals surface area contributed by atoms with Crippen molar-refractivity contribution in [2.75, 3.05) is 6.61 Å². The van der Waals surface area contributed by atoms with E-state index >= 15 is 0 Å². The number of hydrogen-bond acceptors (Lipinski definition) is 3. The second-order valence-corrected chi connectivity index (χ2v) is 3.27. The Bertz CT molecular complexity index is 354. The fourth-order valence-electron chi connectivity index (χ4n) is 1.04. The van der Waals surface area contributed by atoms with Crippen molar-refractivity contribution in [3.05, 3.63) is 44.8 Å². The molecule has 1 aromatic carbocycles. The summed E-state index contributed by atoms with van der Waals surface area (Å²) >= 11 is 5.82. The Hall–Kier alpha value is -1.13. The minimum Gasteiger partial charge on any atom is -0.395 e. The first-order valence-corrected chi connectivity index (χ1v) is 4.31. The molecule has 0 spiro atoms. The molecule has 0 aliphatic heterocycles. The predicted molar refractivity (Wildman–Crippen MR) is 53.2 cm³/mol. The average Bonchev–Trinajstić information content (AvgIpc) is 2.17. The van der Waals surface area contributed by atoms with Crippen molar-refractivity contribution >= 4 is 17.3 Å². The van der Waals surface area contributed by atoms with Crippen LogP contribution in [0.4, 0.5) is 5.69 Å². The number of nitro groups is 1. The minimum absolute atomic E-state index is 0.0304. The van der Waals surface area contributed by atoms with Gasteiger partial charge >= 0.3 is 0 Å². The number of benzene rings is 1. The summed E-state index contributed by atoms with van der Waals surface area (Å²) < 4.78 is 0. The van der Waals surface area contributed by atoms with Crippen molar-refractivity contribution in [3.63, 3.8) is 0 Å². The number of halogens is 1. The van der Waals surface area contributed by atoms with Crippen LogP contribution < -0.4 is 0 Å². The Labute approximate surface area is 86.3 Å². The van der Waals surface area contributed by atoms with Crippen LogP contribution in [0.5, 0.6) is 0 Å². The Kier molecular flexibility index (Phi) is 3.43. The highest BCUT2D eigenvalue weighted by Gasteiger charge is 2.14. The first kappa shape index (κ1) is 10.9. The van der Waals surface area contributed by atoms with Gasteiger partial charge in [0.2, 0.25) is 0 Å². The van der Waals surface area contributed by atoms with Crippen LogP contribution in [0.2, 0.25) is 5.02 Å². The summed E-state index contributed by atoms with van der Waals surface area (Å²) in [6, 6.07) is 4.14. The van der Waals surface area contributed by atoms with Crippen molar-refractivity contribution < 1.29 is 10.0 Å². The molecule has 1 radical (unpaired) electrons. The summed E-state index contributed by atoms with van der Waals surface area (Å²) in [7, 11) is 0. The number of rotatable bonds is 3. The lowest BCUT2D eigenvalue weighted by Crippen LogP contribution is -2.01. The molecule has 75 valence electrons. The largest absolute Gasteiger partial charge is 0.395 e. The van der Waals surface area contributed by atoms with E-state index in [-0.39, 0.29) is 12.3 Å². The van der Waals surface area contributed by atoms with E-state index in [0.717, 1.165) is 0 Å². The van der Waals surface area contributed by atoms with Gasteiger partial charge in [0.25, 0.3) is 5.69 Å². The highest BCUT2D eigenvalue weighted by Crippen LogP contribution is 2.27. The van der Waals surface area contributed by atoms with Crippen LogP contribution in [0.3, 0.4) is 0 Å². The fraction of sp³-hybridized carbons (Fsp3) is 0.222. The quantitative estimate of drug-likeness (QED) is 0.620. The first-order chi connectivity index (χ1) is 6.56. The number of nitrogens with zero attached hydrogens (tertiary/aromatic N) is 1. The molecule has 0 aromatic heterocycles. The van der Waals surface area contributed by atoms with Crippen molar-refractivity contribution in [3.8, 4) is 0 Å². The highest BCUT2D eigenvalue weighted by atomic mass is 35.5. The molecule has 0 fully saturated rings. The van der Waals surface area contributed by atoms with Crippen LogP contribution in [0, 0.1) is 16.0 Å². The molecule has 1 aromatic rings. The maximum atomic E-state index is 10.5. The fourth-order valence-corrected chi connectivity index (χ4v) is 1.32. The molecule has 1 N–H and O–H groups in total. The van der Waals surface area contributed by atoms with E-state index in [0.29, 0.717) is 16.5 Å². The topological polar surface area (TPSA) is 63.4 Å². The third-order valence-corrected chi connectivity index (χ3v) is 2.19. The van der Waals surface area contributed by atoms with Gasteiger partial charge in [-0.15, -0.1) is 0 Å². The molecule has 0 unspecified atom stereocenters. The SMILES string of the molecule is C[C](CO)c1cc([N+](=O)[O-])ccc1Cl. The van der Waals surface area contributed by atoms with Gasteiger partial charge < -0.3 is 5.11 Å². The maximum Gasteiger partial charge on any atom is 0.269 e. The number of nitro benzene ring substituents is 1. The highest BCUT2D eigenvalue weighted by molar-refractivity contribution is 6.31. The monoisotopic (exact) mass is 214 g/mol. The van der Waals surface area contributed by atoms with E-state index < -0.39 is 4.92 Å². The van der Waals surface area contributed by atoms with Crippen molar-refractivity contribution in [2.45, 2.75) is 6.92 Å². The van der Waals surface area contributed by atoms with Crippen LogP contribution in [0.25, 0.3) is 0 Å². The average molecular weight is 215 g/mol. The lowest BCUT2D eigenvalue weighted by atomic mass is 10.0. The summed E-state index contributed by atoms with van der Waals surface area (Å²) in [6.07, 6.45) is 0. The Morgan fingerprint density at radius 3 is 2.79 bits per heavy atom. The third-order valence-electron chi connectivity index (χ3n) is 1.86. The Balaban J connectivity index is 3.14. The van der Waals surface area contributed by atoms with E-state index in [9.17, 15) is 10.1 Å². The van der Waals surface area contributed by atoms with E-state index in [1.807, 2.05) is 0 Å². The number of aliphatic hydroxyl groups is 1. The van der Waals surface area contributed by atoms with Gasteiger partial charge in [0, 0.05) is 23.1 Å². The predicted octanol–water partition coefficient (Wildman–Crippen LogP) is 2.18. The molecule has 0 bridgehead atoms. The third kappa shape index (κ3) is 2.21. The lowest BCUT2D eigenvalue weighted by Gasteiger charge is -2.08.